The average Bonchev–Trinajstić information content (AvgIpc) is 1.60. The van der Waals surface area contributed by atoms with Crippen molar-refractivity contribution in [3.63, 3.8) is 0 Å². The minimum Gasteiger partial charge on any atom is -0.449 e. The van der Waals surface area contributed by atoms with Crippen LogP contribution in [0.4, 0.5) is 47.2 Å². The molecule has 7 aromatic rings. The lowest BCUT2D eigenvalue weighted by atomic mass is 10.1. The molecule has 4 unspecified atom stereocenters. The van der Waals surface area contributed by atoms with Crippen LogP contribution in [0.15, 0.2) is 177 Å². The Kier molecular flexibility index (Phi) is 35.2. The quantitative estimate of drug-likeness (QED) is 0.0308. The number of nitrogens with two attached hydrogens (primary N) is 1. The van der Waals surface area contributed by atoms with Crippen molar-refractivity contribution in [2.24, 2.45) is 5.73 Å². The molecular formula is C78H90Br3ClF4N8O10. The molecule has 5 N–H and O–H groups in total. The van der Waals surface area contributed by atoms with E-state index in [0.717, 1.165) is 65.6 Å². The second-order valence-electron chi connectivity index (χ2n) is 26.4. The maximum Gasteiger partial charge on any atom is 0.410 e. The second kappa shape index (κ2) is 43.3. The van der Waals surface area contributed by atoms with E-state index in [0.29, 0.717) is 88.7 Å². The first kappa shape index (κ1) is 84.7. The third-order valence-electron chi connectivity index (χ3n) is 16.1. The van der Waals surface area contributed by atoms with E-state index in [4.69, 9.17) is 42.9 Å². The summed E-state index contributed by atoms with van der Waals surface area (Å²) in [5.41, 5.74) is 9.39. The Morgan fingerprint density at radius 3 is 1.24 bits per heavy atom. The number of fused-ring (bicyclic) bond motifs is 4. The number of hydrogen-bond donors (Lipinski definition) is 4. The van der Waals surface area contributed by atoms with Gasteiger partial charge in [-0.15, -0.1) is 0 Å². The number of carbonyl (C=O) groups is 5. The van der Waals surface area contributed by atoms with E-state index in [1.165, 1.54) is 18.2 Å². The van der Waals surface area contributed by atoms with Crippen molar-refractivity contribution in [2.45, 2.75) is 148 Å². The number of carbonyl (C=O) groups excluding carboxylic acids is 5. The number of nitrogens with zero attached hydrogens (tertiary/aromatic N) is 4. The largest absolute Gasteiger partial charge is 0.449 e. The maximum atomic E-state index is 14.8. The van der Waals surface area contributed by atoms with Crippen LogP contribution in [-0.2, 0) is 69.3 Å². The fourth-order valence-corrected chi connectivity index (χ4v) is 12.3. The molecule has 11 rings (SSSR count). The first-order valence-corrected chi connectivity index (χ1v) is 36.7. The van der Waals surface area contributed by atoms with Gasteiger partial charge < -0.3 is 55.1 Å². The van der Waals surface area contributed by atoms with Gasteiger partial charge in [-0.1, -0.05) is 157 Å². The SMILES string of the molecule is CC(C)(C)OC(=O)N1C2CCC1CN(c1ccc(CCNC(=O)OCc3ccccc3)c(F)c1)C2.CC(C)(C)OC(=O)N1C2CCC1CNC2.NCCc1ccc(Br)cc1F.O=C(Cl)OCc1ccccc1.O=C(NCCc1ccc(Br)cc1F)OCc1ccccc1.[C-]#[N+]Cc1ccc(Br)cc1F. The van der Waals surface area contributed by atoms with Crippen LogP contribution in [0.1, 0.15) is 106 Å². The molecule has 0 spiro atoms. The predicted octanol–water partition coefficient (Wildman–Crippen LogP) is 18.0. The topological polar surface area (TPSA) is 208 Å². The van der Waals surface area contributed by atoms with Gasteiger partial charge in [0.2, 0.25) is 6.54 Å². The van der Waals surface area contributed by atoms with Crippen molar-refractivity contribution in [1.82, 2.24) is 25.8 Å². The number of nitrogens with one attached hydrogen (secondary N) is 3. The minimum atomic E-state index is -0.770. The summed E-state index contributed by atoms with van der Waals surface area (Å²) in [6.07, 6.45) is 4.01. The van der Waals surface area contributed by atoms with Crippen LogP contribution in [0.2, 0.25) is 0 Å². The first-order chi connectivity index (χ1) is 49.6. The van der Waals surface area contributed by atoms with Crippen molar-refractivity contribution < 1.29 is 65.2 Å². The third kappa shape index (κ3) is 30.4. The molecule has 4 aliphatic rings. The van der Waals surface area contributed by atoms with E-state index in [-0.39, 0.29) is 86.1 Å². The van der Waals surface area contributed by atoms with Crippen LogP contribution in [-0.4, -0.2) is 121 Å². The van der Waals surface area contributed by atoms with E-state index in [2.05, 4.69) is 78.2 Å². The molecule has 4 amide bonds. The molecule has 26 heteroatoms. The Hall–Kier alpha value is -8.25. The summed E-state index contributed by atoms with van der Waals surface area (Å²) in [6, 6.07) is 48.8. The van der Waals surface area contributed by atoms with E-state index < -0.39 is 23.2 Å². The smallest absolute Gasteiger partial charge is 0.410 e. The summed E-state index contributed by atoms with van der Waals surface area (Å²) < 4.78 is 82.2. The molecule has 4 saturated heterocycles. The molecular weight excluding hydrogens is 1560 g/mol. The Balaban J connectivity index is 0.000000210. The maximum absolute atomic E-state index is 14.8. The number of rotatable bonds is 16. The molecule has 104 heavy (non-hydrogen) atoms. The van der Waals surface area contributed by atoms with Crippen molar-refractivity contribution >= 4 is 94.9 Å². The highest BCUT2D eigenvalue weighted by Gasteiger charge is 2.45. The molecule has 4 bridgehead atoms. The summed E-state index contributed by atoms with van der Waals surface area (Å²) in [6.45, 7) is 22.9. The molecule has 558 valence electrons. The van der Waals surface area contributed by atoms with Gasteiger partial charge in [-0.05, 0) is 181 Å². The van der Waals surface area contributed by atoms with Gasteiger partial charge in [0.1, 0.15) is 54.3 Å². The highest BCUT2D eigenvalue weighted by molar-refractivity contribution is 9.11. The number of benzene rings is 7. The van der Waals surface area contributed by atoms with Gasteiger partial charge in [-0.3, -0.25) is 9.80 Å². The van der Waals surface area contributed by atoms with E-state index in [1.807, 2.05) is 154 Å². The van der Waals surface area contributed by atoms with Crippen molar-refractivity contribution in [3.05, 3.63) is 251 Å². The number of anilines is 1. The molecule has 4 fully saturated rings. The van der Waals surface area contributed by atoms with Crippen LogP contribution < -0.4 is 26.6 Å². The van der Waals surface area contributed by atoms with Crippen molar-refractivity contribution in [2.75, 3.05) is 50.7 Å². The van der Waals surface area contributed by atoms with E-state index >= 15 is 0 Å². The van der Waals surface area contributed by atoms with Gasteiger partial charge in [0.15, 0.2) is 0 Å². The number of piperazine rings is 2. The Bertz CT molecular complexity index is 3890. The molecule has 0 aliphatic carbocycles. The zero-order valence-corrected chi connectivity index (χ0v) is 64.6. The monoisotopic (exact) mass is 1650 g/mol. The van der Waals surface area contributed by atoms with Crippen LogP contribution in [0.3, 0.4) is 0 Å². The summed E-state index contributed by atoms with van der Waals surface area (Å²) in [7, 11) is 0. The molecule has 4 heterocycles. The molecule has 4 atom stereocenters. The first-order valence-electron chi connectivity index (χ1n) is 34.0. The second-order valence-corrected chi connectivity index (χ2v) is 29.5. The fourth-order valence-electron chi connectivity index (χ4n) is 11.3. The highest BCUT2D eigenvalue weighted by Crippen LogP contribution is 2.35. The van der Waals surface area contributed by atoms with E-state index in [1.54, 1.807) is 42.5 Å². The lowest BCUT2D eigenvalue weighted by Gasteiger charge is -2.42. The number of amides is 4. The Labute approximate surface area is 637 Å². The lowest BCUT2D eigenvalue weighted by Crippen LogP contribution is -2.56. The van der Waals surface area contributed by atoms with Gasteiger partial charge in [0.25, 0.3) is 0 Å². The third-order valence-corrected chi connectivity index (χ3v) is 17.7. The summed E-state index contributed by atoms with van der Waals surface area (Å²) >= 11 is 14.5. The molecule has 0 aromatic heterocycles. The Morgan fingerprint density at radius 1 is 0.519 bits per heavy atom. The normalized spacial score (nSPS) is 16.0. The van der Waals surface area contributed by atoms with Gasteiger partial charge in [-0.25, -0.2) is 48.1 Å². The van der Waals surface area contributed by atoms with Crippen LogP contribution in [0, 0.1) is 29.8 Å². The molecule has 4 aliphatic heterocycles. The standard InChI is InChI=1S/C27H34FN3O4.C16H15BrFNO2.C11H20N2O2.C8H5BrFN.C8H9BrFN.C8H7ClO2/c1-27(2,3)35-26(33)31-22-11-12-23(31)17-30(16-22)21-10-9-20(24(28)15-21)13-14-29-25(32)34-18-19-7-5-4-6-8-19;17-14-7-6-13(15(18)10-14)8-9-19-16(20)21-11-12-4-2-1-3-5-12;1-11(2,3)15-10(14)13-8-4-5-9(13)7-12-6-8;1-11-5-6-2-3-7(9)4-8(6)10;9-7-2-1-6(3-4-11)8(10)5-7;9-8(10)11-6-7-4-2-1-3-5-7/h4-10,15,22-23H,11-14,16-18H2,1-3H3,(H,29,32);1-7,10H,8-9,11H2,(H,19,20);8-9,12H,4-7H2,1-3H3;2-4H,5H2;1-2,5H,3-4,11H2;1-5H,6H2. The zero-order valence-electron chi connectivity index (χ0n) is 59.1. The summed E-state index contributed by atoms with van der Waals surface area (Å²) in [5.74, 6) is -1.10. The molecule has 0 saturated carbocycles. The summed E-state index contributed by atoms with van der Waals surface area (Å²) in [5, 5.41) is 8.62. The molecule has 18 nitrogen and oxygen atoms in total. The number of hydrogen-bond acceptors (Lipinski definition) is 13. The van der Waals surface area contributed by atoms with Gasteiger partial charge >= 0.3 is 29.8 Å². The van der Waals surface area contributed by atoms with E-state index in [9.17, 15) is 41.5 Å². The molecule has 7 aromatic carbocycles. The molecule has 0 radical (unpaired) electrons. The fraction of sp³-hybridized carbons (Fsp3) is 0.385. The van der Waals surface area contributed by atoms with Crippen LogP contribution in [0.25, 0.3) is 4.85 Å². The minimum absolute atomic E-state index is 0.0671. The van der Waals surface area contributed by atoms with Crippen LogP contribution >= 0.6 is 59.4 Å². The Morgan fingerprint density at radius 2 is 0.875 bits per heavy atom. The number of ether oxygens (including phenoxy) is 5. The van der Waals surface area contributed by atoms with Gasteiger partial charge in [0.05, 0.1) is 17.6 Å². The highest BCUT2D eigenvalue weighted by atomic mass is 79.9. The number of halogens is 8. The van der Waals surface area contributed by atoms with Crippen molar-refractivity contribution in [1.29, 1.82) is 0 Å². The number of alkyl carbamates (subject to hydrolysis) is 2. The summed E-state index contributed by atoms with van der Waals surface area (Å²) in [4.78, 5) is 67.2. The zero-order chi connectivity index (χ0) is 75.8. The predicted molar refractivity (Wildman–Crippen MR) is 406 cm³/mol. The van der Waals surface area contributed by atoms with Crippen LogP contribution in [0.5, 0.6) is 0 Å². The van der Waals surface area contributed by atoms with Gasteiger partial charge in [-0.2, -0.15) is 0 Å². The lowest BCUT2D eigenvalue weighted by molar-refractivity contribution is 0.00973. The van der Waals surface area contributed by atoms with Gasteiger partial charge in [0, 0.05) is 82.1 Å². The average molecular weight is 1650 g/mol. The van der Waals surface area contributed by atoms with Crippen molar-refractivity contribution in [3.8, 4) is 0 Å².